The van der Waals surface area contributed by atoms with Crippen molar-refractivity contribution in [2.75, 3.05) is 5.32 Å². The highest BCUT2D eigenvalue weighted by atomic mass is 16.6. The number of fused-ring (bicyclic) bond motifs is 1. The summed E-state index contributed by atoms with van der Waals surface area (Å²) in [5, 5.41) is 8.87. The van der Waals surface area contributed by atoms with Crippen molar-refractivity contribution in [3.05, 3.63) is 54.7 Å². The van der Waals surface area contributed by atoms with Gasteiger partial charge in [0.25, 0.3) is 0 Å². The van der Waals surface area contributed by atoms with E-state index in [0.717, 1.165) is 36.9 Å². The smallest absolute Gasteiger partial charge is 0.407 e. The average molecular weight is 419 g/mol. The van der Waals surface area contributed by atoms with Crippen LogP contribution < -0.4 is 10.6 Å². The summed E-state index contributed by atoms with van der Waals surface area (Å²) in [6.07, 6.45) is 5.27. The molecule has 1 saturated carbocycles. The number of nitrogens with one attached hydrogen (secondary N) is 2. The lowest BCUT2D eigenvalue weighted by Crippen LogP contribution is -2.44. The third-order valence-electron chi connectivity index (χ3n) is 5.43. The molecular weight excluding hydrogens is 388 g/mol. The summed E-state index contributed by atoms with van der Waals surface area (Å²) in [5.41, 5.74) is 1.47. The normalized spacial score (nSPS) is 19.1. The van der Waals surface area contributed by atoms with Gasteiger partial charge in [0.05, 0.1) is 5.69 Å². The molecule has 1 fully saturated rings. The summed E-state index contributed by atoms with van der Waals surface area (Å²) >= 11 is 0. The fourth-order valence-corrected chi connectivity index (χ4v) is 4.05. The molecule has 1 aromatic heterocycles. The Morgan fingerprint density at radius 2 is 1.81 bits per heavy atom. The van der Waals surface area contributed by atoms with Crippen LogP contribution in [0.15, 0.2) is 54.7 Å². The lowest BCUT2D eigenvalue weighted by molar-refractivity contribution is 0.0492. The zero-order valence-electron chi connectivity index (χ0n) is 18.4. The van der Waals surface area contributed by atoms with Crippen LogP contribution in [-0.4, -0.2) is 33.7 Å². The molecule has 2 atom stereocenters. The van der Waals surface area contributed by atoms with E-state index in [1.807, 2.05) is 39.0 Å². The van der Waals surface area contributed by atoms with Gasteiger partial charge in [-0.2, -0.15) is 0 Å². The molecule has 1 aliphatic carbocycles. The van der Waals surface area contributed by atoms with E-state index in [0.29, 0.717) is 5.95 Å². The van der Waals surface area contributed by atoms with Gasteiger partial charge in [-0.3, -0.25) is 0 Å². The molecule has 4 rings (SSSR count). The van der Waals surface area contributed by atoms with Gasteiger partial charge in [0.15, 0.2) is 0 Å². The molecule has 31 heavy (non-hydrogen) atoms. The molecule has 3 aromatic rings. The van der Waals surface area contributed by atoms with Crippen LogP contribution in [0.25, 0.3) is 22.0 Å². The van der Waals surface area contributed by atoms with Crippen LogP contribution in [0.3, 0.4) is 0 Å². The second-order valence-electron chi connectivity index (χ2n) is 9.18. The van der Waals surface area contributed by atoms with Crippen LogP contribution in [0.4, 0.5) is 10.7 Å². The molecule has 1 heterocycles. The number of aromatic nitrogens is 2. The average Bonchev–Trinajstić information content (AvgIpc) is 2.72. The summed E-state index contributed by atoms with van der Waals surface area (Å²) in [6.45, 7) is 5.62. The molecule has 6 nitrogen and oxygen atoms in total. The first kappa shape index (κ1) is 21.1. The van der Waals surface area contributed by atoms with Crippen LogP contribution in [0.1, 0.15) is 46.5 Å². The van der Waals surface area contributed by atoms with E-state index in [1.165, 1.54) is 10.8 Å². The number of carbonyl (C=O) groups is 1. The van der Waals surface area contributed by atoms with E-state index in [2.05, 4.69) is 45.9 Å². The van der Waals surface area contributed by atoms with Gasteiger partial charge in [0.2, 0.25) is 5.95 Å². The Kier molecular flexibility index (Phi) is 6.07. The van der Waals surface area contributed by atoms with Gasteiger partial charge in [-0.15, -0.1) is 0 Å². The predicted octanol–water partition coefficient (Wildman–Crippen LogP) is 5.54. The quantitative estimate of drug-likeness (QED) is 0.581. The van der Waals surface area contributed by atoms with E-state index in [1.54, 1.807) is 6.20 Å². The van der Waals surface area contributed by atoms with Crippen molar-refractivity contribution in [2.24, 2.45) is 0 Å². The summed E-state index contributed by atoms with van der Waals surface area (Å²) in [5.74, 6) is 0.619. The highest BCUT2D eigenvalue weighted by Crippen LogP contribution is 2.25. The molecule has 0 radical (unpaired) electrons. The van der Waals surface area contributed by atoms with Crippen molar-refractivity contribution < 1.29 is 9.53 Å². The maximum absolute atomic E-state index is 12.1. The van der Waals surface area contributed by atoms with Gasteiger partial charge < -0.3 is 15.4 Å². The Hall–Kier alpha value is -3.15. The minimum Gasteiger partial charge on any atom is -0.444 e. The van der Waals surface area contributed by atoms with Crippen molar-refractivity contribution in [3.8, 4) is 11.3 Å². The van der Waals surface area contributed by atoms with E-state index in [4.69, 9.17) is 9.72 Å². The van der Waals surface area contributed by atoms with Crippen LogP contribution >= 0.6 is 0 Å². The monoisotopic (exact) mass is 418 g/mol. The standard InChI is InChI=1S/C25H30N4O2/c1-25(2,3)31-24(30)28-21-10-6-9-20(16-21)27-23-26-14-13-22(29-23)19-12-11-17-7-4-5-8-18(17)15-19/h4-5,7-8,11-15,20-21H,6,9-10,16H2,1-3H3,(H,28,30)(H,26,27,29). The Bertz CT molecular complexity index is 1060. The number of nitrogens with zero attached hydrogens (tertiary/aromatic N) is 2. The second-order valence-corrected chi connectivity index (χ2v) is 9.18. The highest BCUT2D eigenvalue weighted by molar-refractivity contribution is 5.86. The van der Waals surface area contributed by atoms with Crippen LogP contribution in [0.2, 0.25) is 0 Å². The lowest BCUT2D eigenvalue weighted by Gasteiger charge is -2.31. The Labute approximate surface area is 183 Å². The van der Waals surface area contributed by atoms with Crippen molar-refractivity contribution in [1.82, 2.24) is 15.3 Å². The first-order valence-electron chi connectivity index (χ1n) is 10.9. The molecule has 2 unspecified atom stereocenters. The Balaban J connectivity index is 1.41. The van der Waals surface area contributed by atoms with Crippen molar-refractivity contribution in [1.29, 1.82) is 0 Å². The highest BCUT2D eigenvalue weighted by Gasteiger charge is 2.26. The third kappa shape index (κ3) is 5.72. The molecule has 0 spiro atoms. The van der Waals surface area contributed by atoms with Gasteiger partial charge >= 0.3 is 6.09 Å². The number of hydrogen-bond acceptors (Lipinski definition) is 5. The fourth-order valence-electron chi connectivity index (χ4n) is 4.05. The zero-order valence-corrected chi connectivity index (χ0v) is 18.4. The molecule has 6 heteroatoms. The van der Waals surface area contributed by atoms with Crippen LogP contribution in [-0.2, 0) is 4.74 Å². The topological polar surface area (TPSA) is 76.1 Å². The molecule has 0 aliphatic heterocycles. The third-order valence-corrected chi connectivity index (χ3v) is 5.43. The number of ether oxygens (including phenoxy) is 1. The molecule has 0 bridgehead atoms. The lowest BCUT2D eigenvalue weighted by atomic mass is 9.91. The molecule has 2 aromatic carbocycles. The predicted molar refractivity (Wildman–Crippen MR) is 124 cm³/mol. The SMILES string of the molecule is CC(C)(C)OC(=O)NC1CCCC(Nc2nccc(-c3ccc4ccccc4c3)n2)C1. The van der Waals surface area contributed by atoms with Crippen LogP contribution in [0, 0.1) is 0 Å². The number of carbonyl (C=O) groups excluding carboxylic acids is 1. The number of hydrogen-bond donors (Lipinski definition) is 2. The maximum atomic E-state index is 12.1. The van der Waals surface area contributed by atoms with Crippen molar-refractivity contribution >= 4 is 22.8 Å². The summed E-state index contributed by atoms with van der Waals surface area (Å²) < 4.78 is 5.39. The first-order chi connectivity index (χ1) is 14.9. The molecule has 2 N–H and O–H groups in total. The van der Waals surface area contributed by atoms with E-state index in [9.17, 15) is 4.79 Å². The minimum atomic E-state index is -0.493. The Morgan fingerprint density at radius 3 is 2.61 bits per heavy atom. The van der Waals surface area contributed by atoms with E-state index in [-0.39, 0.29) is 18.2 Å². The van der Waals surface area contributed by atoms with Gasteiger partial charge in [-0.25, -0.2) is 14.8 Å². The van der Waals surface area contributed by atoms with Gasteiger partial charge in [-0.05, 0) is 69.4 Å². The summed E-state index contributed by atoms with van der Waals surface area (Å²) in [4.78, 5) is 21.3. The largest absolute Gasteiger partial charge is 0.444 e. The number of benzene rings is 2. The number of amides is 1. The van der Waals surface area contributed by atoms with Gasteiger partial charge in [-0.1, -0.05) is 36.4 Å². The van der Waals surface area contributed by atoms with Crippen molar-refractivity contribution in [3.63, 3.8) is 0 Å². The number of anilines is 1. The van der Waals surface area contributed by atoms with Gasteiger partial charge in [0.1, 0.15) is 5.60 Å². The second kappa shape index (κ2) is 8.92. The summed E-state index contributed by atoms with van der Waals surface area (Å²) in [7, 11) is 0. The Morgan fingerprint density at radius 1 is 1.03 bits per heavy atom. The molecular formula is C25H30N4O2. The molecule has 1 aliphatic rings. The minimum absolute atomic E-state index is 0.0878. The van der Waals surface area contributed by atoms with Crippen molar-refractivity contribution in [2.45, 2.75) is 64.1 Å². The summed E-state index contributed by atoms with van der Waals surface area (Å²) in [6, 6.07) is 16.9. The first-order valence-corrected chi connectivity index (χ1v) is 10.9. The van der Waals surface area contributed by atoms with Gasteiger partial charge in [0, 0.05) is 23.8 Å². The number of alkyl carbamates (subject to hydrolysis) is 1. The molecule has 0 saturated heterocycles. The van der Waals surface area contributed by atoms with E-state index >= 15 is 0 Å². The molecule has 162 valence electrons. The maximum Gasteiger partial charge on any atom is 0.407 e. The van der Waals surface area contributed by atoms with Crippen LogP contribution in [0.5, 0.6) is 0 Å². The molecule has 1 amide bonds. The number of rotatable bonds is 4. The fraction of sp³-hybridized carbons (Fsp3) is 0.400. The van der Waals surface area contributed by atoms with E-state index < -0.39 is 5.60 Å². The zero-order chi connectivity index (χ0) is 21.8.